The molecule has 0 atom stereocenters. The van der Waals surface area contributed by atoms with E-state index in [-0.39, 0.29) is 0 Å². The minimum absolute atomic E-state index is 0.612. The van der Waals surface area contributed by atoms with Crippen molar-refractivity contribution in [3.05, 3.63) is 58.3 Å². The van der Waals surface area contributed by atoms with Crippen LogP contribution >= 0.6 is 22.9 Å². The summed E-state index contributed by atoms with van der Waals surface area (Å²) < 4.78 is 1.80. The van der Waals surface area contributed by atoms with Gasteiger partial charge in [-0.2, -0.15) is 5.10 Å². The number of aromatic nitrogens is 4. The van der Waals surface area contributed by atoms with Gasteiger partial charge in [0.1, 0.15) is 5.01 Å². The van der Waals surface area contributed by atoms with E-state index in [1.54, 1.807) is 17.1 Å². The van der Waals surface area contributed by atoms with Gasteiger partial charge in [0.25, 0.3) is 0 Å². The molecule has 0 bridgehead atoms. The number of hydrogen-bond donors (Lipinski definition) is 0. The van der Waals surface area contributed by atoms with Crippen molar-refractivity contribution in [2.45, 2.75) is 6.54 Å². The molecule has 0 saturated carbocycles. The first kappa shape index (κ1) is 13.0. The average molecular weight is 304 g/mol. The average Bonchev–Trinajstić information content (AvgIpc) is 3.11. The number of hydrogen-bond acceptors (Lipinski definition) is 5. The van der Waals surface area contributed by atoms with E-state index in [4.69, 9.17) is 11.6 Å². The lowest BCUT2D eigenvalue weighted by molar-refractivity contribution is 0.677. The highest BCUT2D eigenvalue weighted by atomic mass is 35.5. The molecule has 3 rings (SSSR count). The smallest absolute Gasteiger partial charge is 0.231 e. The van der Waals surface area contributed by atoms with Crippen LogP contribution in [0.1, 0.15) is 10.6 Å². The first-order valence-corrected chi connectivity index (χ1v) is 7.08. The zero-order valence-electron chi connectivity index (χ0n) is 10.3. The third-order valence-corrected chi connectivity index (χ3v) is 3.57. The van der Waals surface area contributed by atoms with Crippen molar-refractivity contribution < 1.29 is 0 Å². The normalized spacial score (nSPS) is 11.2. The summed E-state index contributed by atoms with van der Waals surface area (Å²) in [6, 6.07) is 9.33. The van der Waals surface area contributed by atoms with Gasteiger partial charge in [0, 0.05) is 23.6 Å². The molecule has 5 nitrogen and oxygen atoms in total. The Labute approximate surface area is 124 Å². The maximum Gasteiger partial charge on any atom is 0.231 e. The Morgan fingerprint density at radius 1 is 1.25 bits per heavy atom. The quantitative estimate of drug-likeness (QED) is 0.696. The Kier molecular flexibility index (Phi) is 3.85. The predicted octanol–water partition coefficient (Wildman–Crippen LogP) is 3.19. The number of benzene rings is 1. The van der Waals surface area contributed by atoms with Gasteiger partial charge in [0.05, 0.1) is 6.54 Å². The molecule has 3 aromatic rings. The molecule has 2 heterocycles. The Morgan fingerprint density at radius 3 is 2.85 bits per heavy atom. The van der Waals surface area contributed by atoms with E-state index in [9.17, 15) is 0 Å². The lowest BCUT2D eigenvalue weighted by Gasteiger charge is -1.93. The number of rotatable bonds is 4. The Hall–Kier alpha value is -2.05. The molecule has 0 aliphatic heterocycles. The topological polar surface area (TPSA) is 56.0 Å². The van der Waals surface area contributed by atoms with Crippen LogP contribution in [0.3, 0.4) is 0 Å². The third kappa shape index (κ3) is 3.28. The third-order valence-electron chi connectivity index (χ3n) is 2.51. The van der Waals surface area contributed by atoms with Gasteiger partial charge >= 0.3 is 0 Å². The lowest BCUT2D eigenvalue weighted by atomic mass is 10.2. The Balaban J connectivity index is 1.69. The number of aliphatic imine (C=N–C) groups is 1. The van der Waals surface area contributed by atoms with Crippen LogP contribution in [0.4, 0.5) is 5.13 Å². The number of nitrogens with zero attached hydrogens (tertiary/aromatic N) is 5. The SMILES string of the molecule is Clc1ccc(/C=N/c2nnc(Cn3cccn3)s2)cc1. The fourth-order valence-corrected chi connectivity index (χ4v) is 2.37. The van der Waals surface area contributed by atoms with E-state index in [0.717, 1.165) is 10.6 Å². The molecule has 0 amide bonds. The van der Waals surface area contributed by atoms with Gasteiger partial charge in [0.15, 0.2) is 0 Å². The van der Waals surface area contributed by atoms with E-state index in [1.165, 1.54) is 11.3 Å². The molecule has 0 N–H and O–H groups in total. The van der Waals surface area contributed by atoms with Gasteiger partial charge in [-0.1, -0.05) is 35.1 Å². The maximum atomic E-state index is 5.83. The highest BCUT2D eigenvalue weighted by Crippen LogP contribution is 2.19. The minimum atomic E-state index is 0.612. The molecule has 0 spiro atoms. The van der Waals surface area contributed by atoms with Crippen molar-refractivity contribution in [2.75, 3.05) is 0 Å². The van der Waals surface area contributed by atoms with Crippen LogP contribution in [-0.4, -0.2) is 26.2 Å². The molecular weight excluding hydrogens is 294 g/mol. The van der Waals surface area contributed by atoms with Gasteiger partial charge in [-0.05, 0) is 23.8 Å². The van der Waals surface area contributed by atoms with Crippen LogP contribution in [0.15, 0.2) is 47.7 Å². The molecule has 2 aromatic heterocycles. The molecule has 0 aliphatic carbocycles. The van der Waals surface area contributed by atoms with Crippen LogP contribution in [0, 0.1) is 0 Å². The molecule has 1 aromatic carbocycles. The second kappa shape index (κ2) is 5.94. The summed E-state index contributed by atoms with van der Waals surface area (Å²) in [6.07, 6.45) is 5.37. The van der Waals surface area contributed by atoms with Crippen LogP contribution in [0.25, 0.3) is 0 Å². The minimum Gasteiger partial charge on any atom is -0.266 e. The standard InChI is InChI=1S/C13H10ClN5S/c14-11-4-2-10(3-5-11)8-15-13-18-17-12(20-13)9-19-7-1-6-16-19/h1-8H,9H2/b15-8+. The first-order chi connectivity index (χ1) is 9.79. The zero-order chi connectivity index (χ0) is 13.8. The van der Waals surface area contributed by atoms with Crippen LogP contribution in [-0.2, 0) is 6.54 Å². The summed E-state index contributed by atoms with van der Waals surface area (Å²) >= 11 is 7.27. The predicted molar refractivity (Wildman–Crippen MR) is 79.9 cm³/mol. The van der Waals surface area contributed by atoms with Crippen molar-refractivity contribution in [3.8, 4) is 0 Å². The van der Waals surface area contributed by atoms with Gasteiger partial charge in [0.2, 0.25) is 5.13 Å². The van der Waals surface area contributed by atoms with E-state index >= 15 is 0 Å². The van der Waals surface area contributed by atoms with Crippen molar-refractivity contribution in [1.82, 2.24) is 20.0 Å². The summed E-state index contributed by atoms with van der Waals surface area (Å²) in [4.78, 5) is 4.30. The lowest BCUT2D eigenvalue weighted by Crippen LogP contribution is -1.98. The molecule has 0 unspecified atom stereocenters. The molecule has 7 heteroatoms. The maximum absolute atomic E-state index is 5.83. The monoisotopic (exact) mass is 303 g/mol. The molecule has 100 valence electrons. The van der Waals surface area contributed by atoms with Crippen LogP contribution in [0.2, 0.25) is 5.02 Å². The van der Waals surface area contributed by atoms with E-state index in [2.05, 4.69) is 20.3 Å². The second-order valence-electron chi connectivity index (χ2n) is 3.99. The van der Waals surface area contributed by atoms with Crippen molar-refractivity contribution in [3.63, 3.8) is 0 Å². The molecule has 0 aliphatic rings. The highest BCUT2D eigenvalue weighted by molar-refractivity contribution is 7.14. The Bertz CT molecular complexity index is 703. The van der Waals surface area contributed by atoms with E-state index in [1.807, 2.05) is 36.5 Å². The number of halogens is 1. The summed E-state index contributed by atoms with van der Waals surface area (Å²) in [5.74, 6) is 0. The fourth-order valence-electron chi connectivity index (χ4n) is 1.57. The van der Waals surface area contributed by atoms with E-state index in [0.29, 0.717) is 16.7 Å². The summed E-state index contributed by atoms with van der Waals surface area (Å²) in [5.41, 5.74) is 0.971. The van der Waals surface area contributed by atoms with Gasteiger partial charge in [-0.25, -0.2) is 4.99 Å². The molecule has 0 saturated heterocycles. The zero-order valence-corrected chi connectivity index (χ0v) is 11.9. The largest absolute Gasteiger partial charge is 0.266 e. The summed E-state index contributed by atoms with van der Waals surface area (Å²) in [6.45, 7) is 0.612. The molecule has 0 radical (unpaired) electrons. The highest BCUT2D eigenvalue weighted by Gasteiger charge is 2.03. The first-order valence-electron chi connectivity index (χ1n) is 5.89. The fraction of sp³-hybridized carbons (Fsp3) is 0.0769. The van der Waals surface area contributed by atoms with Crippen molar-refractivity contribution in [2.24, 2.45) is 4.99 Å². The van der Waals surface area contributed by atoms with E-state index < -0.39 is 0 Å². The molecule has 20 heavy (non-hydrogen) atoms. The second-order valence-corrected chi connectivity index (χ2v) is 5.47. The van der Waals surface area contributed by atoms with Crippen molar-refractivity contribution >= 4 is 34.3 Å². The summed E-state index contributed by atoms with van der Waals surface area (Å²) in [5, 5.41) is 14.5. The molecule has 0 fully saturated rings. The van der Waals surface area contributed by atoms with Crippen LogP contribution < -0.4 is 0 Å². The summed E-state index contributed by atoms with van der Waals surface area (Å²) in [7, 11) is 0. The molecular formula is C13H10ClN5S. The Morgan fingerprint density at radius 2 is 2.10 bits per heavy atom. The van der Waals surface area contributed by atoms with Gasteiger partial charge in [-0.15, -0.1) is 10.2 Å². The van der Waals surface area contributed by atoms with Gasteiger partial charge in [-0.3, -0.25) is 4.68 Å². The van der Waals surface area contributed by atoms with Crippen molar-refractivity contribution in [1.29, 1.82) is 0 Å². The van der Waals surface area contributed by atoms with Gasteiger partial charge < -0.3 is 0 Å². The van der Waals surface area contributed by atoms with Crippen LogP contribution in [0.5, 0.6) is 0 Å².